The third-order valence-corrected chi connectivity index (χ3v) is 4.45. The van der Waals surface area contributed by atoms with Gasteiger partial charge < -0.3 is 20.1 Å². The second-order valence-corrected chi connectivity index (χ2v) is 7.98. The molecule has 2 N–H and O–H groups in total. The molecule has 0 aliphatic carbocycles. The van der Waals surface area contributed by atoms with Crippen molar-refractivity contribution in [2.75, 3.05) is 26.7 Å². The van der Waals surface area contributed by atoms with Crippen molar-refractivity contribution in [2.24, 2.45) is 11.1 Å². The molecular weight excluding hydrogens is 352 g/mol. The molecule has 2 atom stereocenters. The van der Waals surface area contributed by atoms with E-state index in [9.17, 15) is 4.79 Å². The number of amides is 1. The van der Waals surface area contributed by atoms with Gasteiger partial charge in [-0.25, -0.2) is 0 Å². The molecule has 1 aliphatic rings. The Bertz CT molecular complexity index is 557. The summed E-state index contributed by atoms with van der Waals surface area (Å²) in [6, 6.07) is 8.01. The Kier molecular flexibility index (Phi) is 8.87. The molecule has 26 heavy (non-hydrogen) atoms. The Morgan fingerprint density at radius 3 is 2.42 bits per heavy atom. The summed E-state index contributed by atoms with van der Waals surface area (Å²) in [4.78, 5) is 14.9. The topological polar surface area (TPSA) is 64.8 Å². The zero-order valence-electron chi connectivity index (χ0n) is 16.4. The molecule has 1 saturated heterocycles. The number of hydrogen-bond donors (Lipinski definition) is 1. The first-order valence-corrected chi connectivity index (χ1v) is 9.09. The summed E-state index contributed by atoms with van der Waals surface area (Å²) in [6.45, 7) is 8.34. The van der Waals surface area contributed by atoms with Gasteiger partial charge in [0.25, 0.3) is 5.91 Å². The largest absolute Gasteiger partial charge is 0.497 e. The number of hydrogen-bond acceptors (Lipinski definition) is 4. The monoisotopic (exact) mass is 384 g/mol. The van der Waals surface area contributed by atoms with Crippen LogP contribution < -0.4 is 10.5 Å². The van der Waals surface area contributed by atoms with Gasteiger partial charge in [0.05, 0.1) is 13.2 Å². The second-order valence-electron chi connectivity index (χ2n) is 7.98. The highest BCUT2D eigenvalue weighted by molar-refractivity contribution is 5.85. The third-order valence-electron chi connectivity index (χ3n) is 4.45. The zero-order valence-corrected chi connectivity index (χ0v) is 17.2. The van der Waals surface area contributed by atoms with Gasteiger partial charge in [0.1, 0.15) is 11.9 Å². The number of carbonyl (C=O) groups excluding carboxylic acids is 1. The van der Waals surface area contributed by atoms with E-state index in [0.717, 1.165) is 31.6 Å². The van der Waals surface area contributed by atoms with Crippen LogP contribution >= 0.6 is 12.4 Å². The fraction of sp³-hybridized carbons (Fsp3) is 0.650. The van der Waals surface area contributed by atoms with Gasteiger partial charge >= 0.3 is 0 Å². The SMILES string of the molecule is COc1ccc(CCN(CC(C)(C)C)C(=O)[C@@H]2CC[C@H](CN)O2)cc1.Cl. The van der Waals surface area contributed by atoms with Gasteiger partial charge in [-0.2, -0.15) is 0 Å². The van der Waals surface area contributed by atoms with E-state index in [-0.39, 0.29) is 35.9 Å². The van der Waals surface area contributed by atoms with E-state index >= 15 is 0 Å². The average Bonchev–Trinajstić information content (AvgIpc) is 3.06. The van der Waals surface area contributed by atoms with Crippen LogP contribution in [0.5, 0.6) is 5.75 Å². The van der Waals surface area contributed by atoms with Gasteiger partial charge in [-0.3, -0.25) is 4.79 Å². The van der Waals surface area contributed by atoms with Crippen LogP contribution in [0.15, 0.2) is 24.3 Å². The molecule has 1 aliphatic heterocycles. The van der Waals surface area contributed by atoms with Crippen LogP contribution in [0.1, 0.15) is 39.2 Å². The van der Waals surface area contributed by atoms with E-state index in [1.807, 2.05) is 17.0 Å². The highest BCUT2D eigenvalue weighted by Crippen LogP contribution is 2.23. The van der Waals surface area contributed by atoms with Crippen molar-refractivity contribution < 1.29 is 14.3 Å². The lowest BCUT2D eigenvalue weighted by molar-refractivity contribution is -0.144. The lowest BCUT2D eigenvalue weighted by Crippen LogP contribution is -2.44. The molecule has 0 saturated carbocycles. The van der Waals surface area contributed by atoms with Gasteiger partial charge in [0.15, 0.2) is 0 Å². The van der Waals surface area contributed by atoms with Gasteiger partial charge in [-0.05, 0) is 42.4 Å². The fourth-order valence-corrected chi connectivity index (χ4v) is 3.16. The molecule has 1 heterocycles. The molecule has 148 valence electrons. The van der Waals surface area contributed by atoms with Crippen molar-refractivity contribution in [3.05, 3.63) is 29.8 Å². The van der Waals surface area contributed by atoms with Gasteiger partial charge in [0.2, 0.25) is 0 Å². The van der Waals surface area contributed by atoms with Crippen LogP contribution in [0, 0.1) is 5.41 Å². The van der Waals surface area contributed by atoms with E-state index in [0.29, 0.717) is 13.1 Å². The first-order valence-electron chi connectivity index (χ1n) is 9.09. The van der Waals surface area contributed by atoms with E-state index in [1.54, 1.807) is 7.11 Å². The number of rotatable bonds is 7. The summed E-state index contributed by atoms with van der Waals surface area (Å²) in [5.74, 6) is 0.943. The first-order chi connectivity index (χ1) is 11.8. The second kappa shape index (κ2) is 10.1. The Labute approximate surface area is 163 Å². The molecule has 0 bridgehead atoms. The van der Waals surface area contributed by atoms with E-state index < -0.39 is 0 Å². The molecular formula is C20H33ClN2O3. The molecule has 0 aromatic heterocycles. The lowest BCUT2D eigenvalue weighted by Gasteiger charge is -2.32. The third kappa shape index (κ3) is 6.78. The van der Waals surface area contributed by atoms with E-state index in [4.69, 9.17) is 15.2 Å². The maximum atomic E-state index is 12.9. The summed E-state index contributed by atoms with van der Waals surface area (Å²) in [6.07, 6.45) is 2.14. The smallest absolute Gasteiger partial charge is 0.251 e. The van der Waals surface area contributed by atoms with Crippen molar-refractivity contribution in [1.82, 2.24) is 4.90 Å². The van der Waals surface area contributed by atoms with Crippen molar-refractivity contribution in [1.29, 1.82) is 0 Å². The van der Waals surface area contributed by atoms with Gasteiger partial charge in [-0.15, -0.1) is 12.4 Å². The maximum Gasteiger partial charge on any atom is 0.251 e. The fourth-order valence-electron chi connectivity index (χ4n) is 3.16. The number of nitrogens with two attached hydrogens (primary N) is 1. The molecule has 0 spiro atoms. The number of halogens is 1. The minimum Gasteiger partial charge on any atom is -0.497 e. The predicted octanol–water partition coefficient (Wildman–Crippen LogP) is 3.04. The molecule has 0 unspecified atom stereocenters. The van der Waals surface area contributed by atoms with Crippen LogP contribution in [0.4, 0.5) is 0 Å². The predicted molar refractivity (Wildman–Crippen MR) is 107 cm³/mol. The Hall–Kier alpha value is -1.30. The van der Waals surface area contributed by atoms with Crippen LogP contribution in [0.2, 0.25) is 0 Å². The summed E-state index contributed by atoms with van der Waals surface area (Å²) in [7, 11) is 1.66. The Balaban J connectivity index is 0.00000338. The molecule has 5 nitrogen and oxygen atoms in total. The van der Waals surface area contributed by atoms with Crippen LogP contribution in [0.25, 0.3) is 0 Å². The Morgan fingerprint density at radius 2 is 1.92 bits per heavy atom. The summed E-state index contributed by atoms with van der Waals surface area (Å²) < 4.78 is 11.0. The van der Waals surface area contributed by atoms with Gasteiger partial charge in [0, 0.05) is 19.6 Å². The normalized spacial score (nSPS) is 19.7. The zero-order chi connectivity index (χ0) is 18.4. The molecule has 6 heteroatoms. The standard InChI is InChI=1S/C20H32N2O3.ClH/c1-20(2,3)14-22(19(23)18-10-9-17(13-21)25-18)12-11-15-5-7-16(24-4)8-6-15;/h5-8,17-18H,9-14,21H2,1-4H3;1H/t17-,18+;/m1./s1. The number of ether oxygens (including phenoxy) is 2. The van der Waals surface area contributed by atoms with Crippen molar-refractivity contribution in [2.45, 2.75) is 52.2 Å². The van der Waals surface area contributed by atoms with Crippen molar-refractivity contribution >= 4 is 18.3 Å². The van der Waals surface area contributed by atoms with Gasteiger partial charge in [-0.1, -0.05) is 32.9 Å². The molecule has 0 radical (unpaired) electrons. The summed E-state index contributed by atoms with van der Waals surface area (Å²) in [5, 5.41) is 0. The maximum absolute atomic E-state index is 12.9. The summed E-state index contributed by atoms with van der Waals surface area (Å²) in [5.41, 5.74) is 6.91. The van der Waals surface area contributed by atoms with Crippen molar-refractivity contribution in [3.63, 3.8) is 0 Å². The van der Waals surface area contributed by atoms with Crippen molar-refractivity contribution in [3.8, 4) is 5.75 Å². The average molecular weight is 385 g/mol. The quantitative estimate of drug-likeness (QED) is 0.784. The lowest BCUT2D eigenvalue weighted by atomic mass is 9.95. The molecule has 1 aromatic carbocycles. The Morgan fingerprint density at radius 1 is 1.27 bits per heavy atom. The number of carbonyl (C=O) groups is 1. The number of benzene rings is 1. The first kappa shape index (κ1) is 22.7. The highest BCUT2D eigenvalue weighted by Gasteiger charge is 2.34. The minimum atomic E-state index is -0.341. The minimum absolute atomic E-state index is 0. The van der Waals surface area contributed by atoms with Crippen LogP contribution in [-0.4, -0.2) is 49.8 Å². The number of nitrogens with zero attached hydrogens (tertiary/aromatic N) is 1. The summed E-state index contributed by atoms with van der Waals surface area (Å²) >= 11 is 0. The van der Waals surface area contributed by atoms with Crippen LogP contribution in [0.3, 0.4) is 0 Å². The molecule has 2 rings (SSSR count). The molecule has 1 amide bonds. The van der Waals surface area contributed by atoms with E-state index in [2.05, 4.69) is 32.9 Å². The van der Waals surface area contributed by atoms with Crippen LogP contribution in [-0.2, 0) is 16.0 Å². The number of methoxy groups -OCH3 is 1. The van der Waals surface area contributed by atoms with E-state index in [1.165, 1.54) is 5.56 Å². The molecule has 1 fully saturated rings. The molecule has 1 aromatic rings. The highest BCUT2D eigenvalue weighted by atomic mass is 35.5.